The Morgan fingerprint density at radius 2 is 1.74 bits per heavy atom. The standard InChI is InChI=1S/C20H29ClN2O3S/c1-27(25,26)16-8-9-18(21)17(14-16)19(24)22-15-20(10-4-2-5-11-20)23-12-6-3-7-13-23/h8-9,14H,2-7,10-13,15H2,1H3,(H,22,24). The highest BCUT2D eigenvalue weighted by molar-refractivity contribution is 7.90. The van der Waals surface area contributed by atoms with Gasteiger partial charge >= 0.3 is 0 Å². The first-order chi connectivity index (χ1) is 12.8. The second-order valence-electron chi connectivity index (χ2n) is 7.93. The molecule has 1 aliphatic carbocycles. The van der Waals surface area contributed by atoms with Crippen LogP contribution in [0.1, 0.15) is 61.7 Å². The summed E-state index contributed by atoms with van der Waals surface area (Å²) in [5.74, 6) is -0.299. The fourth-order valence-corrected chi connectivity index (χ4v) is 5.28. The summed E-state index contributed by atoms with van der Waals surface area (Å²) in [6.45, 7) is 2.78. The zero-order chi connectivity index (χ0) is 19.5. The van der Waals surface area contributed by atoms with Crippen molar-refractivity contribution < 1.29 is 13.2 Å². The highest BCUT2D eigenvalue weighted by Crippen LogP contribution is 2.35. The van der Waals surface area contributed by atoms with Gasteiger partial charge < -0.3 is 5.32 Å². The number of halogens is 1. The summed E-state index contributed by atoms with van der Waals surface area (Å²) in [5.41, 5.74) is 0.249. The van der Waals surface area contributed by atoms with Gasteiger partial charge in [0.2, 0.25) is 0 Å². The van der Waals surface area contributed by atoms with Gasteiger partial charge in [-0.2, -0.15) is 0 Å². The molecule has 0 radical (unpaired) electrons. The minimum Gasteiger partial charge on any atom is -0.350 e. The fraction of sp³-hybridized carbons (Fsp3) is 0.650. The maximum atomic E-state index is 12.8. The van der Waals surface area contributed by atoms with Gasteiger partial charge in [-0.25, -0.2) is 8.42 Å². The van der Waals surface area contributed by atoms with Gasteiger partial charge in [-0.05, 0) is 57.0 Å². The number of benzene rings is 1. The van der Waals surface area contributed by atoms with Crippen molar-refractivity contribution in [3.05, 3.63) is 28.8 Å². The average molecular weight is 413 g/mol. The summed E-state index contributed by atoms with van der Waals surface area (Å²) in [6, 6.07) is 4.29. The summed E-state index contributed by atoms with van der Waals surface area (Å²) in [4.78, 5) is 15.5. The van der Waals surface area contributed by atoms with Gasteiger partial charge in [0.1, 0.15) is 0 Å². The van der Waals surface area contributed by atoms with E-state index in [0.29, 0.717) is 6.54 Å². The van der Waals surface area contributed by atoms with E-state index in [2.05, 4.69) is 10.2 Å². The molecule has 7 heteroatoms. The van der Waals surface area contributed by atoms with E-state index in [1.807, 2.05) is 0 Å². The summed E-state index contributed by atoms with van der Waals surface area (Å²) in [6.07, 6.45) is 10.7. The quantitative estimate of drug-likeness (QED) is 0.801. The van der Waals surface area contributed by atoms with Gasteiger partial charge in [0.15, 0.2) is 9.84 Å². The maximum Gasteiger partial charge on any atom is 0.252 e. The van der Waals surface area contributed by atoms with E-state index in [1.165, 1.54) is 56.7 Å². The number of likely N-dealkylation sites (tertiary alicyclic amines) is 1. The van der Waals surface area contributed by atoms with Crippen molar-refractivity contribution in [3.8, 4) is 0 Å². The Morgan fingerprint density at radius 3 is 2.37 bits per heavy atom. The first kappa shape index (κ1) is 20.6. The molecule has 1 heterocycles. The molecule has 1 aliphatic heterocycles. The van der Waals surface area contributed by atoms with E-state index in [-0.39, 0.29) is 26.9 Å². The number of amides is 1. The van der Waals surface area contributed by atoms with Crippen LogP contribution < -0.4 is 5.32 Å². The molecule has 1 saturated heterocycles. The summed E-state index contributed by atoms with van der Waals surface area (Å²) < 4.78 is 23.6. The van der Waals surface area contributed by atoms with E-state index in [4.69, 9.17) is 11.6 Å². The van der Waals surface area contributed by atoms with Gasteiger partial charge in [-0.3, -0.25) is 9.69 Å². The molecule has 0 bridgehead atoms. The lowest BCUT2D eigenvalue weighted by molar-refractivity contribution is 0.0326. The van der Waals surface area contributed by atoms with Gasteiger partial charge in [0.05, 0.1) is 15.5 Å². The maximum absolute atomic E-state index is 12.8. The van der Waals surface area contributed by atoms with Crippen LogP contribution in [0.5, 0.6) is 0 Å². The number of piperidine rings is 1. The molecule has 0 spiro atoms. The Hall–Kier alpha value is -1.11. The Kier molecular flexibility index (Phi) is 6.49. The van der Waals surface area contributed by atoms with Crippen LogP contribution in [-0.2, 0) is 9.84 Å². The summed E-state index contributed by atoms with van der Waals surface area (Å²) >= 11 is 6.18. The molecule has 0 aromatic heterocycles. The number of hydrogen-bond acceptors (Lipinski definition) is 4. The Labute approximate surface area is 167 Å². The second-order valence-corrected chi connectivity index (χ2v) is 10.4. The molecule has 1 aromatic rings. The molecule has 2 fully saturated rings. The van der Waals surface area contributed by atoms with Crippen molar-refractivity contribution in [1.29, 1.82) is 0 Å². The molecule has 1 N–H and O–H groups in total. The normalized spacial score (nSPS) is 21.0. The van der Waals surface area contributed by atoms with E-state index < -0.39 is 9.84 Å². The van der Waals surface area contributed by atoms with Crippen LogP contribution >= 0.6 is 11.6 Å². The second kappa shape index (κ2) is 8.50. The smallest absolute Gasteiger partial charge is 0.252 e. The molecule has 0 unspecified atom stereocenters. The minimum atomic E-state index is -3.39. The number of nitrogens with zero attached hydrogens (tertiary/aromatic N) is 1. The van der Waals surface area contributed by atoms with Crippen molar-refractivity contribution in [1.82, 2.24) is 10.2 Å². The van der Waals surface area contributed by atoms with Crippen LogP contribution in [0.3, 0.4) is 0 Å². The lowest BCUT2D eigenvalue weighted by Crippen LogP contribution is -2.58. The fourth-order valence-electron chi connectivity index (χ4n) is 4.43. The number of rotatable bonds is 5. The number of hydrogen-bond donors (Lipinski definition) is 1. The zero-order valence-electron chi connectivity index (χ0n) is 16.0. The van der Waals surface area contributed by atoms with Crippen LogP contribution in [0.15, 0.2) is 23.1 Å². The van der Waals surface area contributed by atoms with Crippen molar-refractivity contribution >= 4 is 27.3 Å². The third kappa shape index (κ3) is 4.84. The predicted octanol–water partition coefficient (Wildman–Crippen LogP) is 3.66. The Morgan fingerprint density at radius 1 is 1.11 bits per heavy atom. The highest BCUT2D eigenvalue weighted by Gasteiger charge is 2.38. The molecule has 2 aliphatic rings. The van der Waals surface area contributed by atoms with Crippen LogP contribution in [0.2, 0.25) is 5.02 Å². The molecular weight excluding hydrogens is 384 g/mol. The Balaban J connectivity index is 1.76. The van der Waals surface area contributed by atoms with E-state index in [9.17, 15) is 13.2 Å². The van der Waals surface area contributed by atoms with E-state index >= 15 is 0 Å². The van der Waals surface area contributed by atoms with E-state index in [1.54, 1.807) is 0 Å². The minimum absolute atomic E-state index is 0.0231. The van der Waals surface area contributed by atoms with Crippen molar-refractivity contribution in [2.75, 3.05) is 25.9 Å². The molecule has 150 valence electrons. The van der Waals surface area contributed by atoms with Crippen molar-refractivity contribution in [2.24, 2.45) is 0 Å². The number of carbonyl (C=O) groups excluding carboxylic acids is 1. The monoisotopic (exact) mass is 412 g/mol. The van der Waals surface area contributed by atoms with Crippen LogP contribution in [0.25, 0.3) is 0 Å². The van der Waals surface area contributed by atoms with Crippen LogP contribution in [0.4, 0.5) is 0 Å². The van der Waals surface area contributed by atoms with E-state index in [0.717, 1.165) is 32.2 Å². The first-order valence-corrected chi connectivity index (χ1v) is 12.1. The van der Waals surface area contributed by atoms with Crippen LogP contribution in [0, 0.1) is 0 Å². The average Bonchev–Trinajstić information content (AvgIpc) is 2.67. The van der Waals surface area contributed by atoms with Gasteiger partial charge in [-0.1, -0.05) is 37.3 Å². The number of carbonyl (C=O) groups is 1. The largest absolute Gasteiger partial charge is 0.350 e. The number of sulfone groups is 1. The molecule has 5 nitrogen and oxygen atoms in total. The SMILES string of the molecule is CS(=O)(=O)c1ccc(Cl)c(C(=O)NCC2(N3CCCCC3)CCCCC2)c1. The van der Waals surface area contributed by atoms with Crippen molar-refractivity contribution in [2.45, 2.75) is 61.8 Å². The van der Waals surface area contributed by atoms with Crippen molar-refractivity contribution in [3.63, 3.8) is 0 Å². The molecule has 1 saturated carbocycles. The summed E-state index contributed by atoms with van der Waals surface area (Å²) in [7, 11) is -3.39. The molecule has 1 aromatic carbocycles. The van der Waals surface area contributed by atoms with Gasteiger partial charge in [0.25, 0.3) is 5.91 Å². The van der Waals surface area contributed by atoms with Crippen LogP contribution in [-0.4, -0.2) is 50.7 Å². The lowest BCUT2D eigenvalue weighted by atomic mass is 9.79. The lowest BCUT2D eigenvalue weighted by Gasteiger charge is -2.48. The first-order valence-electron chi connectivity index (χ1n) is 9.85. The molecule has 3 rings (SSSR count). The summed E-state index contributed by atoms with van der Waals surface area (Å²) in [5, 5.41) is 3.34. The predicted molar refractivity (Wildman–Crippen MR) is 108 cm³/mol. The highest BCUT2D eigenvalue weighted by atomic mass is 35.5. The topological polar surface area (TPSA) is 66.5 Å². The third-order valence-electron chi connectivity index (χ3n) is 6.00. The number of nitrogens with one attached hydrogen (secondary N) is 1. The molecule has 0 atom stereocenters. The zero-order valence-corrected chi connectivity index (χ0v) is 17.5. The third-order valence-corrected chi connectivity index (χ3v) is 7.44. The van der Waals surface area contributed by atoms with Gasteiger partial charge in [0, 0.05) is 18.3 Å². The molecule has 1 amide bonds. The molecule has 27 heavy (non-hydrogen) atoms. The Bertz CT molecular complexity index is 782. The molecular formula is C20H29ClN2O3S. The van der Waals surface area contributed by atoms with Gasteiger partial charge in [-0.15, -0.1) is 0 Å².